The molecule has 5 heteroatoms. The van der Waals surface area contributed by atoms with Gasteiger partial charge in [-0.2, -0.15) is 0 Å². The Balaban J connectivity index is 2.58. The number of hydrogen-bond acceptors (Lipinski definition) is 3. The fourth-order valence-electron chi connectivity index (χ4n) is 1.66. The zero-order valence-electron chi connectivity index (χ0n) is 9.83. The van der Waals surface area contributed by atoms with Crippen molar-refractivity contribution in [1.82, 2.24) is 5.32 Å². The first kappa shape index (κ1) is 14.2. The molecule has 0 aliphatic heterocycles. The highest BCUT2D eigenvalue weighted by Crippen LogP contribution is 2.28. The molecule has 0 spiro atoms. The minimum atomic E-state index is -0.750. The topological polar surface area (TPSA) is 29.1 Å². The van der Waals surface area contributed by atoms with Gasteiger partial charge in [0.15, 0.2) is 0 Å². The number of halogens is 1. The normalized spacial score (nSPS) is 17.0. The predicted molar refractivity (Wildman–Crippen MR) is 73.9 cm³/mol. The molecular formula is C11H18ClNOS2. The van der Waals surface area contributed by atoms with Crippen LogP contribution in [0.2, 0.25) is 4.34 Å². The van der Waals surface area contributed by atoms with E-state index in [1.165, 1.54) is 4.88 Å². The highest BCUT2D eigenvalue weighted by Gasteiger charge is 2.14. The van der Waals surface area contributed by atoms with Crippen LogP contribution in [0, 0.1) is 0 Å². The van der Waals surface area contributed by atoms with Crippen molar-refractivity contribution >= 4 is 33.7 Å². The third kappa shape index (κ3) is 4.53. The number of nitrogens with one attached hydrogen (secondary N) is 1. The van der Waals surface area contributed by atoms with E-state index in [1.54, 1.807) is 17.6 Å². The minimum absolute atomic E-state index is 0.261. The Kier molecular flexibility index (Phi) is 5.97. The molecule has 92 valence electrons. The third-order valence-electron chi connectivity index (χ3n) is 2.32. The molecule has 0 bridgehead atoms. The van der Waals surface area contributed by atoms with Crippen LogP contribution < -0.4 is 5.32 Å². The number of thiophene rings is 1. The molecule has 1 N–H and O–H groups in total. The first-order chi connectivity index (χ1) is 7.52. The Bertz CT molecular complexity index is 354. The maximum absolute atomic E-state index is 11.1. The van der Waals surface area contributed by atoms with Crippen molar-refractivity contribution in [2.45, 2.75) is 32.4 Å². The van der Waals surface area contributed by atoms with Crippen LogP contribution in [0.4, 0.5) is 0 Å². The van der Waals surface area contributed by atoms with Crippen LogP contribution in [-0.4, -0.2) is 22.3 Å². The average Bonchev–Trinajstić information content (AvgIpc) is 2.60. The molecule has 0 radical (unpaired) electrons. The molecule has 0 aliphatic rings. The fourth-order valence-corrected chi connectivity index (χ4v) is 3.67. The molecule has 1 aromatic rings. The Morgan fingerprint density at radius 1 is 1.56 bits per heavy atom. The largest absolute Gasteiger partial charge is 0.306 e. The number of rotatable bonds is 6. The van der Waals surface area contributed by atoms with Crippen molar-refractivity contribution in [2.24, 2.45) is 0 Å². The third-order valence-corrected chi connectivity index (χ3v) is 4.63. The van der Waals surface area contributed by atoms with E-state index in [1.807, 2.05) is 6.07 Å². The zero-order valence-corrected chi connectivity index (χ0v) is 12.2. The molecule has 1 rings (SSSR count). The summed E-state index contributed by atoms with van der Waals surface area (Å²) in [6.45, 7) is 4.21. The zero-order chi connectivity index (χ0) is 12.1. The van der Waals surface area contributed by atoms with Crippen LogP contribution >= 0.6 is 22.9 Å². The molecule has 16 heavy (non-hydrogen) atoms. The molecule has 2 nitrogen and oxygen atoms in total. The molecule has 0 aliphatic carbocycles. The summed E-state index contributed by atoms with van der Waals surface area (Å²) in [5.74, 6) is 0.690. The number of hydrogen-bond donors (Lipinski definition) is 1. The van der Waals surface area contributed by atoms with Crippen LogP contribution in [0.3, 0.4) is 0 Å². The first-order valence-electron chi connectivity index (χ1n) is 5.34. The van der Waals surface area contributed by atoms with Gasteiger partial charge < -0.3 is 5.32 Å². The quantitative estimate of drug-likeness (QED) is 0.866. The molecule has 0 fully saturated rings. The molecule has 0 saturated heterocycles. The van der Waals surface area contributed by atoms with Crippen molar-refractivity contribution in [3.05, 3.63) is 21.3 Å². The van der Waals surface area contributed by atoms with E-state index in [9.17, 15) is 4.21 Å². The van der Waals surface area contributed by atoms with Gasteiger partial charge in [0.05, 0.1) is 4.34 Å². The monoisotopic (exact) mass is 279 g/mol. The standard InChI is InChI=1S/C11H18ClNOS2/c1-4-9(10-5-6-11(12)15-10)13-8(2)7-16(3)14/h5-6,8-9,13H,4,7H2,1-3H3. The van der Waals surface area contributed by atoms with Crippen molar-refractivity contribution in [3.63, 3.8) is 0 Å². The van der Waals surface area contributed by atoms with E-state index in [0.717, 1.165) is 10.8 Å². The summed E-state index contributed by atoms with van der Waals surface area (Å²) < 4.78 is 11.9. The van der Waals surface area contributed by atoms with Gasteiger partial charge in [0.25, 0.3) is 0 Å². The first-order valence-corrected chi connectivity index (χ1v) is 8.26. The van der Waals surface area contributed by atoms with Crippen molar-refractivity contribution in [2.75, 3.05) is 12.0 Å². The summed E-state index contributed by atoms with van der Waals surface area (Å²) in [5.41, 5.74) is 0. The smallest absolute Gasteiger partial charge is 0.0931 e. The molecule has 1 aromatic heterocycles. The van der Waals surface area contributed by atoms with Crippen LogP contribution in [0.15, 0.2) is 12.1 Å². The van der Waals surface area contributed by atoms with Gasteiger partial charge in [-0.25, -0.2) is 0 Å². The van der Waals surface area contributed by atoms with Gasteiger partial charge >= 0.3 is 0 Å². The van der Waals surface area contributed by atoms with Gasteiger partial charge in [-0.1, -0.05) is 18.5 Å². The Labute approximate surface area is 109 Å². The molecule has 3 unspecified atom stereocenters. The van der Waals surface area contributed by atoms with E-state index in [4.69, 9.17) is 11.6 Å². The summed E-state index contributed by atoms with van der Waals surface area (Å²) >= 11 is 7.53. The predicted octanol–water partition coefficient (Wildman–Crippen LogP) is 3.21. The van der Waals surface area contributed by atoms with Crippen LogP contribution in [0.25, 0.3) is 0 Å². The Morgan fingerprint density at radius 2 is 2.25 bits per heavy atom. The summed E-state index contributed by atoms with van der Waals surface area (Å²) in [5, 5.41) is 3.49. The second-order valence-corrected chi connectivity index (χ2v) is 7.14. The molecule has 1 heterocycles. The maximum Gasteiger partial charge on any atom is 0.0931 e. The van der Waals surface area contributed by atoms with Crippen molar-refractivity contribution < 1.29 is 4.21 Å². The highest BCUT2D eigenvalue weighted by molar-refractivity contribution is 7.84. The Hall–Kier alpha value is 0.1000. The van der Waals surface area contributed by atoms with Crippen LogP contribution in [0.5, 0.6) is 0 Å². The fraction of sp³-hybridized carbons (Fsp3) is 0.636. The summed E-state index contributed by atoms with van der Waals surface area (Å²) in [6, 6.07) is 4.56. The van der Waals surface area contributed by atoms with Crippen molar-refractivity contribution in [1.29, 1.82) is 0 Å². The van der Waals surface area contributed by atoms with E-state index >= 15 is 0 Å². The second-order valence-electron chi connectivity index (χ2n) is 3.91. The SMILES string of the molecule is CCC(NC(C)CS(C)=O)c1ccc(Cl)s1. The van der Waals surface area contributed by atoms with Crippen molar-refractivity contribution in [3.8, 4) is 0 Å². The summed E-state index contributed by atoms with van der Waals surface area (Å²) in [4.78, 5) is 1.25. The van der Waals surface area contributed by atoms with Crippen LogP contribution in [0.1, 0.15) is 31.2 Å². The van der Waals surface area contributed by atoms with Gasteiger partial charge in [-0.15, -0.1) is 11.3 Å². The molecule has 0 saturated carbocycles. The van der Waals surface area contributed by atoms with Gasteiger partial charge in [0.1, 0.15) is 0 Å². The molecular weight excluding hydrogens is 262 g/mol. The average molecular weight is 280 g/mol. The second kappa shape index (κ2) is 6.74. The lowest BCUT2D eigenvalue weighted by Gasteiger charge is -2.20. The van der Waals surface area contributed by atoms with Gasteiger partial charge in [0, 0.05) is 39.8 Å². The molecule has 0 aromatic carbocycles. The Morgan fingerprint density at radius 3 is 2.69 bits per heavy atom. The maximum atomic E-state index is 11.1. The van der Waals surface area contributed by atoms with Gasteiger partial charge in [-0.05, 0) is 25.5 Å². The summed E-state index contributed by atoms with van der Waals surface area (Å²) in [7, 11) is -0.750. The highest BCUT2D eigenvalue weighted by atomic mass is 35.5. The van der Waals surface area contributed by atoms with E-state index < -0.39 is 10.8 Å². The van der Waals surface area contributed by atoms with Gasteiger partial charge in [-0.3, -0.25) is 4.21 Å². The van der Waals surface area contributed by atoms with Crippen LogP contribution in [-0.2, 0) is 10.8 Å². The lowest BCUT2D eigenvalue weighted by Crippen LogP contribution is -2.33. The van der Waals surface area contributed by atoms with Gasteiger partial charge in [0.2, 0.25) is 0 Å². The van der Waals surface area contributed by atoms with E-state index in [0.29, 0.717) is 11.8 Å². The lowest BCUT2D eigenvalue weighted by atomic mass is 10.1. The molecule has 0 amide bonds. The minimum Gasteiger partial charge on any atom is -0.306 e. The van der Waals surface area contributed by atoms with E-state index in [2.05, 4.69) is 25.2 Å². The molecule has 3 atom stereocenters. The summed E-state index contributed by atoms with van der Waals surface area (Å²) in [6.07, 6.45) is 2.75. The lowest BCUT2D eigenvalue weighted by molar-refractivity contribution is 0.474. The van der Waals surface area contributed by atoms with E-state index in [-0.39, 0.29) is 6.04 Å².